The van der Waals surface area contributed by atoms with Crippen molar-refractivity contribution < 1.29 is 9.59 Å². The van der Waals surface area contributed by atoms with Crippen LogP contribution in [0.1, 0.15) is 28.3 Å². The van der Waals surface area contributed by atoms with Gasteiger partial charge in [0.2, 0.25) is 11.8 Å². The molecule has 0 fully saturated rings. The fourth-order valence-electron chi connectivity index (χ4n) is 3.93. The Bertz CT molecular complexity index is 1310. The molecule has 0 aliphatic carbocycles. The Hall–Kier alpha value is -3.96. The summed E-state index contributed by atoms with van der Waals surface area (Å²) in [5.74, 6) is -0.499. The highest BCUT2D eigenvalue weighted by Gasteiger charge is 2.32. The largest absolute Gasteiger partial charge is 0.350 e. The Morgan fingerprint density at radius 1 is 0.750 bits per heavy atom. The Kier molecular flexibility index (Phi) is 8.84. The topological polar surface area (TPSA) is 49.4 Å². The minimum absolute atomic E-state index is 0.247. The number of carbonyl (C=O) groups excluding carboxylic acids is 2. The van der Waals surface area contributed by atoms with Gasteiger partial charge in [0.25, 0.3) is 0 Å². The molecule has 0 radical (unpaired) electrons. The zero-order valence-corrected chi connectivity index (χ0v) is 21.3. The lowest BCUT2D eigenvalue weighted by atomic mass is 10.0. The number of halogens is 1. The second kappa shape index (κ2) is 12.7. The standard InChI is InChI=1S/C31H27BrN2O2/c32-28-19-11-10-18-27(28)30(31(36)33-22-25-14-6-2-7-15-25)34(23-26-16-8-3-9-17-26)29(35)21-20-24-12-4-1-5-13-24/h1-21,30H,22-23H2,(H,33,36)/b21-20+. The summed E-state index contributed by atoms with van der Waals surface area (Å²) in [6, 6.07) is 35.8. The average Bonchev–Trinajstić information content (AvgIpc) is 2.93. The van der Waals surface area contributed by atoms with Gasteiger partial charge in [-0.3, -0.25) is 9.59 Å². The third kappa shape index (κ3) is 6.80. The van der Waals surface area contributed by atoms with E-state index in [0.29, 0.717) is 6.54 Å². The maximum absolute atomic E-state index is 13.7. The molecule has 180 valence electrons. The molecule has 0 heterocycles. The van der Waals surface area contributed by atoms with Crippen LogP contribution in [0, 0.1) is 0 Å². The molecule has 4 aromatic carbocycles. The van der Waals surface area contributed by atoms with Gasteiger partial charge in [-0.2, -0.15) is 0 Å². The zero-order valence-electron chi connectivity index (χ0n) is 19.8. The highest BCUT2D eigenvalue weighted by Crippen LogP contribution is 2.30. The molecule has 4 nitrogen and oxygen atoms in total. The smallest absolute Gasteiger partial charge is 0.247 e. The van der Waals surface area contributed by atoms with E-state index in [0.717, 1.165) is 26.7 Å². The predicted octanol–water partition coefficient (Wildman–Crippen LogP) is 6.55. The van der Waals surface area contributed by atoms with Gasteiger partial charge in [0.1, 0.15) is 6.04 Å². The Labute approximate surface area is 220 Å². The van der Waals surface area contributed by atoms with Crippen molar-refractivity contribution >= 4 is 33.8 Å². The molecule has 0 bridgehead atoms. The number of hydrogen-bond donors (Lipinski definition) is 1. The van der Waals surface area contributed by atoms with Crippen LogP contribution in [0.3, 0.4) is 0 Å². The van der Waals surface area contributed by atoms with E-state index in [9.17, 15) is 9.59 Å². The fraction of sp³-hybridized carbons (Fsp3) is 0.0968. The van der Waals surface area contributed by atoms with Crippen LogP contribution >= 0.6 is 15.9 Å². The first-order valence-corrected chi connectivity index (χ1v) is 12.5. The average molecular weight is 539 g/mol. The highest BCUT2D eigenvalue weighted by molar-refractivity contribution is 9.10. The number of benzene rings is 4. The Morgan fingerprint density at radius 2 is 1.31 bits per heavy atom. The van der Waals surface area contributed by atoms with Gasteiger partial charge in [0.05, 0.1) is 0 Å². The molecular formula is C31H27BrN2O2. The summed E-state index contributed by atoms with van der Waals surface area (Å²) in [7, 11) is 0. The lowest BCUT2D eigenvalue weighted by molar-refractivity contribution is -0.138. The Morgan fingerprint density at radius 3 is 1.94 bits per heavy atom. The highest BCUT2D eigenvalue weighted by atomic mass is 79.9. The maximum Gasteiger partial charge on any atom is 0.247 e. The van der Waals surface area contributed by atoms with Crippen molar-refractivity contribution in [2.24, 2.45) is 0 Å². The number of nitrogens with one attached hydrogen (secondary N) is 1. The van der Waals surface area contributed by atoms with Crippen molar-refractivity contribution in [1.82, 2.24) is 10.2 Å². The molecule has 1 N–H and O–H groups in total. The van der Waals surface area contributed by atoms with Gasteiger partial charge < -0.3 is 10.2 Å². The van der Waals surface area contributed by atoms with Crippen molar-refractivity contribution in [2.45, 2.75) is 19.1 Å². The molecule has 36 heavy (non-hydrogen) atoms. The monoisotopic (exact) mass is 538 g/mol. The summed E-state index contributed by atoms with van der Waals surface area (Å²) in [5, 5.41) is 3.04. The summed E-state index contributed by atoms with van der Waals surface area (Å²) in [5.41, 5.74) is 3.56. The molecule has 0 saturated carbocycles. The first-order valence-electron chi connectivity index (χ1n) is 11.8. The van der Waals surface area contributed by atoms with Crippen molar-refractivity contribution in [2.75, 3.05) is 0 Å². The summed E-state index contributed by atoms with van der Waals surface area (Å²) in [4.78, 5) is 29.0. The number of nitrogens with zero attached hydrogens (tertiary/aromatic N) is 1. The molecule has 0 aliphatic heterocycles. The van der Waals surface area contributed by atoms with Crippen LogP contribution in [0.25, 0.3) is 6.08 Å². The van der Waals surface area contributed by atoms with Gasteiger partial charge in [-0.15, -0.1) is 0 Å². The second-order valence-corrected chi connectivity index (χ2v) is 9.18. The van der Waals surface area contributed by atoms with E-state index in [2.05, 4.69) is 21.2 Å². The molecule has 0 spiro atoms. The van der Waals surface area contributed by atoms with Crippen molar-refractivity contribution in [3.63, 3.8) is 0 Å². The lowest BCUT2D eigenvalue weighted by Gasteiger charge is -2.31. The normalized spacial score (nSPS) is 11.7. The molecule has 1 atom stereocenters. The number of hydrogen-bond acceptors (Lipinski definition) is 2. The van der Waals surface area contributed by atoms with Gasteiger partial charge in [0.15, 0.2) is 0 Å². The van der Waals surface area contributed by atoms with Crippen LogP contribution < -0.4 is 5.32 Å². The molecule has 0 saturated heterocycles. The van der Waals surface area contributed by atoms with Gasteiger partial charge >= 0.3 is 0 Å². The molecular weight excluding hydrogens is 512 g/mol. The third-order valence-electron chi connectivity index (χ3n) is 5.77. The second-order valence-electron chi connectivity index (χ2n) is 8.32. The van der Waals surface area contributed by atoms with Crippen LogP contribution in [0.15, 0.2) is 126 Å². The van der Waals surface area contributed by atoms with Crippen LogP contribution in [0.2, 0.25) is 0 Å². The molecule has 5 heteroatoms. The minimum Gasteiger partial charge on any atom is -0.350 e. The molecule has 4 rings (SSSR count). The van der Waals surface area contributed by atoms with Crippen molar-refractivity contribution in [3.8, 4) is 0 Å². The summed E-state index contributed by atoms with van der Waals surface area (Å²) >= 11 is 3.60. The molecule has 1 unspecified atom stereocenters. The minimum atomic E-state index is -0.836. The Balaban J connectivity index is 1.70. The van der Waals surface area contributed by atoms with E-state index >= 15 is 0 Å². The first kappa shape index (κ1) is 25.1. The molecule has 0 aromatic heterocycles. The number of amides is 2. The summed E-state index contributed by atoms with van der Waals surface area (Å²) in [6.45, 7) is 0.650. The third-order valence-corrected chi connectivity index (χ3v) is 6.49. The molecule has 0 aliphatic rings. The van der Waals surface area contributed by atoms with E-state index < -0.39 is 6.04 Å². The maximum atomic E-state index is 13.7. The van der Waals surface area contributed by atoms with E-state index in [-0.39, 0.29) is 18.4 Å². The van der Waals surface area contributed by atoms with Crippen LogP contribution in [0.5, 0.6) is 0 Å². The van der Waals surface area contributed by atoms with Gasteiger partial charge in [-0.05, 0) is 34.4 Å². The van der Waals surface area contributed by atoms with Gasteiger partial charge in [-0.25, -0.2) is 0 Å². The zero-order chi connectivity index (χ0) is 25.2. The van der Waals surface area contributed by atoms with E-state index in [4.69, 9.17) is 0 Å². The van der Waals surface area contributed by atoms with Crippen LogP contribution in [-0.2, 0) is 22.7 Å². The lowest BCUT2D eigenvalue weighted by Crippen LogP contribution is -2.42. The fourth-order valence-corrected chi connectivity index (χ4v) is 4.43. The summed E-state index contributed by atoms with van der Waals surface area (Å²) < 4.78 is 0.766. The van der Waals surface area contributed by atoms with Gasteiger partial charge in [-0.1, -0.05) is 125 Å². The van der Waals surface area contributed by atoms with Gasteiger partial charge in [0, 0.05) is 23.6 Å². The van der Waals surface area contributed by atoms with Crippen LogP contribution in [-0.4, -0.2) is 16.7 Å². The number of carbonyl (C=O) groups is 2. The number of rotatable bonds is 9. The first-order chi connectivity index (χ1) is 17.6. The summed E-state index contributed by atoms with van der Waals surface area (Å²) in [6.07, 6.45) is 3.31. The van der Waals surface area contributed by atoms with Crippen LogP contribution in [0.4, 0.5) is 0 Å². The SMILES string of the molecule is O=C(NCc1ccccc1)C(c1ccccc1Br)N(Cc1ccccc1)C(=O)/C=C/c1ccccc1. The molecule has 4 aromatic rings. The van der Waals surface area contributed by atoms with E-state index in [1.165, 1.54) is 6.08 Å². The van der Waals surface area contributed by atoms with E-state index in [1.54, 1.807) is 11.0 Å². The van der Waals surface area contributed by atoms with E-state index in [1.807, 2.05) is 115 Å². The molecule has 2 amide bonds. The quantitative estimate of drug-likeness (QED) is 0.245. The van der Waals surface area contributed by atoms with Crippen molar-refractivity contribution in [3.05, 3.63) is 148 Å². The predicted molar refractivity (Wildman–Crippen MR) is 148 cm³/mol. The van der Waals surface area contributed by atoms with Crippen molar-refractivity contribution in [1.29, 1.82) is 0 Å².